The minimum absolute atomic E-state index is 0.0285. The van der Waals surface area contributed by atoms with Gasteiger partial charge in [0, 0.05) is 29.8 Å². The number of rotatable bonds is 6. The van der Waals surface area contributed by atoms with Crippen molar-refractivity contribution in [3.8, 4) is 11.5 Å². The third kappa shape index (κ3) is 4.99. The summed E-state index contributed by atoms with van der Waals surface area (Å²) < 4.78 is 5.42. The van der Waals surface area contributed by atoms with Gasteiger partial charge in [-0.15, -0.1) is 0 Å². The highest BCUT2D eigenvalue weighted by molar-refractivity contribution is 6.08. The van der Waals surface area contributed by atoms with Crippen molar-refractivity contribution in [2.75, 3.05) is 18.4 Å². The lowest BCUT2D eigenvalue weighted by Gasteiger charge is -2.18. The van der Waals surface area contributed by atoms with Gasteiger partial charge in [0.1, 0.15) is 0 Å². The molecule has 0 radical (unpaired) electrons. The molecule has 31 heavy (non-hydrogen) atoms. The van der Waals surface area contributed by atoms with Gasteiger partial charge in [-0.2, -0.15) is 4.98 Å². The SMILES string of the molecule is CCN(CC)C(=O)c1ccc(NC(=O)c2ccccc2-c2nc(C(C)(C)C)no2)cc1. The summed E-state index contributed by atoms with van der Waals surface area (Å²) >= 11 is 0. The van der Waals surface area contributed by atoms with Crippen molar-refractivity contribution in [3.63, 3.8) is 0 Å². The van der Waals surface area contributed by atoms with E-state index in [1.54, 1.807) is 47.4 Å². The lowest BCUT2D eigenvalue weighted by molar-refractivity contribution is 0.0773. The van der Waals surface area contributed by atoms with Gasteiger partial charge in [-0.25, -0.2) is 0 Å². The molecule has 3 rings (SSSR count). The van der Waals surface area contributed by atoms with E-state index in [0.29, 0.717) is 47.2 Å². The topological polar surface area (TPSA) is 88.3 Å². The molecule has 2 amide bonds. The quantitative estimate of drug-likeness (QED) is 0.621. The predicted molar refractivity (Wildman–Crippen MR) is 120 cm³/mol. The highest BCUT2D eigenvalue weighted by Crippen LogP contribution is 2.26. The summed E-state index contributed by atoms with van der Waals surface area (Å²) in [7, 11) is 0. The first-order valence-electron chi connectivity index (χ1n) is 10.4. The van der Waals surface area contributed by atoms with Crippen LogP contribution in [-0.2, 0) is 5.41 Å². The average molecular weight is 421 g/mol. The Kier molecular flexibility index (Phi) is 6.53. The van der Waals surface area contributed by atoms with Gasteiger partial charge in [-0.3, -0.25) is 9.59 Å². The average Bonchev–Trinajstić information content (AvgIpc) is 3.26. The van der Waals surface area contributed by atoms with E-state index in [-0.39, 0.29) is 17.2 Å². The van der Waals surface area contributed by atoms with Crippen LogP contribution in [0.15, 0.2) is 53.1 Å². The molecular formula is C24H28N4O3. The lowest BCUT2D eigenvalue weighted by Crippen LogP contribution is -2.30. The number of carbonyl (C=O) groups excluding carboxylic acids is 2. The minimum atomic E-state index is -0.297. The third-order valence-electron chi connectivity index (χ3n) is 4.94. The van der Waals surface area contributed by atoms with Gasteiger partial charge in [-0.05, 0) is 50.2 Å². The van der Waals surface area contributed by atoms with Gasteiger partial charge in [0.05, 0.1) is 11.1 Å². The molecule has 0 aliphatic heterocycles. The van der Waals surface area contributed by atoms with E-state index in [4.69, 9.17) is 4.52 Å². The number of benzene rings is 2. The third-order valence-corrected chi connectivity index (χ3v) is 4.94. The van der Waals surface area contributed by atoms with Gasteiger partial charge in [0.15, 0.2) is 5.82 Å². The van der Waals surface area contributed by atoms with Gasteiger partial charge < -0.3 is 14.7 Å². The fourth-order valence-electron chi connectivity index (χ4n) is 3.09. The van der Waals surface area contributed by atoms with Crippen molar-refractivity contribution in [2.24, 2.45) is 0 Å². The van der Waals surface area contributed by atoms with Crippen LogP contribution >= 0.6 is 0 Å². The summed E-state index contributed by atoms with van der Waals surface area (Å²) in [6.45, 7) is 11.2. The smallest absolute Gasteiger partial charge is 0.258 e. The van der Waals surface area contributed by atoms with Crippen LogP contribution in [0.2, 0.25) is 0 Å². The van der Waals surface area contributed by atoms with Crippen molar-refractivity contribution in [1.29, 1.82) is 0 Å². The zero-order valence-electron chi connectivity index (χ0n) is 18.6. The van der Waals surface area contributed by atoms with Gasteiger partial charge in [0.2, 0.25) is 0 Å². The molecule has 1 aromatic heterocycles. The minimum Gasteiger partial charge on any atom is -0.339 e. The largest absolute Gasteiger partial charge is 0.339 e. The highest BCUT2D eigenvalue weighted by atomic mass is 16.5. The van der Waals surface area contributed by atoms with Gasteiger partial charge >= 0.3 is 0 Å². The molecule has 0 saturated heterocycles. The Morgan fingerprint density at radius 2 is 1.65 bits per heavy atom. The number of carbonyl (C=O) groups is 2. The van der Waals surface area contributed by atoms with E-state index >= 15 is 0 Å². The Labute approximate surface area is 182 Å². The van der Waals surface area contributed by atoms with Crippen LogP contribution in [-0.4, -0.2) is 39.9 Å². The molecule has 0 spiro atoms. The first-order valence-corrected chi connectivity index (χ1v) is 10.4. The Balaban J connectivity index is 1.80. The van der Waals surface area contributed by atoms with E-state index in [1.165, 1.54) is 0 Å². The molecule has 0 aliphatic carbocycles. The number of hydrogen-bond donors (Lipinski definition) is 1. The van der Waals surface area contributed by atoms with Crippen molar-refractivity contribution in [3.05, 3.63) is 65.5 Å². The summed E-state index contributed by atoms with van der Waals surface area (Å²) in [5.74, 6) is 0.551. The van der Waals surface area contributed by atoms with Crippen molar-refractivity contribution >= 4 is 17.5 Å². The molecule has 7 heteroatoms. The summed E-state index contributed by atoms with van der Waals surface area (Å²) in [5.41, 5.74) is 1.91. The maximum Gasteiger partial charge on any atom is 0.258 e. The fourth-order valence-corrected chi connectivity index (χ4v) is 3.09. The van der Waals surface area contributed by atoms with E-state index < -0.39 is 0 Å². The number of amides is 2. The summed E-state index contributed by atoms with van der Waals surface area (Å²) in [6.07, 6.45) is 0. The van der Waals surface area contributed by atoms with Crippen LogP contribution in [0.1, 0.15) is 61.2 Å². The first kappa shape index (κ1) is 22.2. The molecule has 0 bridgehead atoms. The van der Waals surface area contributed by atoms with Crippen molar-refractivity contribution < 1.29 is 14.1 Å². The Morgan fingerprint density at radius 3 is 2.23 bits per heavy atom. The molecule has 7 nitrogen and oxygen atoms in total. The normalized spacial score (nSPS) is 11.3. The zero-order chi connectivity index (χ0) is 22.6. The molecule has 0 fully saturated rings. The van der Waals surface area contributed by atoms with E-state index in [1.807, 2.05) is 40.7 Å². The molecule has 1 heterocycles. The van der Waals surface area contributed by atoms with E-state index in [9.17, 15) is 9.59 Å². The summed E-state index contributed by atoms with van der Waals surface area (Å²) in [6, 6.07) is 14.0. The van der Waals surface area contributed by atoms with E-state index in [0.717, 1.165) is 0 Å². The summed E-state index contributed by atoms with van der Waals surface area (Å²) in [5, 5.41) is 6.92. The Morgan fingerprint density at radius 1 is 1.00 bits per heavy atom. The lowest BCUT2D eigenvalue weighted by atomic mass is 9.96. The zero-order valence-corrected chi connectivity index (χ0v) is 18.6. The first-order chi connectivity index (χ1) is 14.7. The summed E-state index contributed by atoms with van der Waals surface area (Å²) in [4.78, 5) is 31.6. The second-order valence-corrected chi connectivity index (χ2v) is 8.23. The molecule has 2 aromatic carbocycles. The number of aromatic nitrogens is 2. The number of hydrogen-bond acceptors (Lipinski definition) is 5. The number of nitrogens with one attached hydrogen (secondary N) is 1. The molecule has 3 aromatic rings. The second kappa shape index (κ2) is 9.12. The maximum atomic E-state index is 13.0. The van der Waals surface area contributed by atoms with Crippen LogP contribution in [0, 0.1) is 0 Å². The van der Waals surface area contributed by atoms with Crippen molar-refractivity contribution in [2.45, 2.75) is 40.0 Å². The molecule has 0 unspecified atom stereocenters. The highest BCUT2D eigenvalue weighted by Gasteiger charge is 2.23. The monoisotopic (exact) mass is 420 g/mol. The number of nitrogens with zero attached hydrogens (tertiary/aromatic N) is 3. The molecule has 162 valence electrons. The fraction of sp³-hybridized carbons (Fsp3) is 0.333. The van der Waals surface area contributed by atoms with Crippen LogP contribution in [0.4, 0.5) is 5.69 Å². The van der Waals surface area contributed by atoms with Crippen molar-refractivity contribution in [1.82, 2.24) is 15.0 Å². The molecule has 1 N–H and O–H groups in total. The Hall–Kier alpha value is -3.48. The predicted octanol–water partition coefficient (Wildman–Crippen LogP) is 4.77. The van der Waals surface area contributed by atoms with E-state index in [2.05, 4.69) is 15.5 Å². The van der Waals surface area contributed by atoms with Gasteiger partial charge in [0.25, 0.3) is 17.7 Å². The standard InChI is InChI=1S/C24H28N4O3/c1-6-28(7-2)22(30)16-12-14-17(15-13-16)25-20(29)18-10-8-9-11-19(18)21-26-23(27-31-21)24(3,4)5/h8-15H,6-7H2,1-5H3,(H,25,29). The molecule has 0 saturated carbocycles. The molecule has 0 atom stereocenters. The Bertz CT molecular complexity index is 1060. The maximum absolute atomic E-state index is 13.0. The van der Waals surface area contributed by atoms with Crippen LogP contribution in [0.3, 0.4) is 0 Å². The van der Waals surface area contributed by atoms with Crippen LogP contribution in [0.25, 0.3) is 11.5 Å². The van der Waals surface area contributed by atoms with Gasteiger partial charge in [-0.1, -0.05) is 38.1 Å². The second-order valence-electron chi connectivity index (χ2n) is 8.23. The van der Waals surface area contributed by atoms with Crippen LogP contribution < -0.4 is 5.32 Å². The molecule has 0 aliphatic rings. The molecular weight excluding hydrogens is 392 g/mol. The van der Waals surface area contributed by atoms with Crippen LogP contribution in [0.5, 0.6) is 0 Å². The number of anilines is 1.